The Hall–Kier alpha value is -2.29. The molecule has 0 saturated heterocycles. The molecule has 5 heteroatoms. The number of rotatable bonds is 5. The number of amidine groups is 1. The number of aliphatic imine (C=N–C) groups is 1. The molecule has 0 amide bonds. The Morgan fingerprint density at radius 3 is 2.81 bits per heavy atom. The molecule has 132 valence electrons. The summed E-state index contributed by atoms with van der Waals surface area (Å²) in [7, 11) is 4.24. The summed E-state index contributed by atoms with van der Waals surface area (Å²) in [5, 5.41) is 3.27. The SMILES string of the molecule is B/C(C)=C/c1cc(B)cc(CCc2c(F)cccc2C2=NCCN2)c1C. The second kappa shape index (κ2) is 7.94. The van der Waals surface area contributed by atoms with Crippen LogP contribution in [0.2, 0.25) is 0 Å². The van der Waals surface area contributed by atoms with E-state index in [1.165, 1.54) is 27.6 Å². The minimum Gasteiger partial charge on any atom is -0.368 e. The molecule has 2 nitrogen and oxygen atoms in total. The highest BCUT2D eigenvalue weighted by molar-refractivity contribution is 6.32. The lowest BCUT2D eigenvalue weighted by molar-refractivity contribution is 0.608. The lowest BCUT2D eigenvalue weighted by Crippen LogP contribution is -2.21. The second-order valence-electron chi connectivity index (χ2n) is 7.28. The van der Waals surface area contributed by atoms with E-state index in [2.05, 4.69) is 58.1 Å². The number of nitrogens with zero attached hydrogens (tertiary/aromatic N) is 1. The van der Waals surface area contributed by atoms with Gasteiger partial charge in [-0.15, -0.1) is 5.47 Å². The van der Waals surface area contributed by atoms with Gasteiger partial charge < -0.3 is 5.32 Å². The van der Waals surface area contributed by atoms with Crippen molar-refractivity contribution in [2.75, 3.05) is 13.1 Å². The van der Waals surface area contributed by atoms with E-state index in [-0.39, 0.29) is 5.82 Å². The Morgan fingerprint density at radius 2 is 2.12 bits per heavy atom. The first-order chi connectivity index (χ1) is 12.5. The van der Waals surface area contributed by atoms with Gasteiger partial charge in [0, 0.05) is 12.1 Å². The minimum absolute atomic E-state index is 0.145. The van der Waals surface area contributed by atoms with Crippen molar-refractivity contribution in [1.29, 1.82) is 0 Å². The Labute approximate surface area is 157 Å². The molecule has 0 unspecified atom stereocenters. The van der Waals surface area contributed by atoms with Gasteiger partial charge in [0.1, 0.15) is 27.3 Å². The molecule has 1 aliphatic rings. The van der Waals surface area contributed by atoms with Gasteiger partial charge in [0.15, 0.2) is 0 Å². The number of hydrogen-bond acceptors (Lipinski definition) is 2. The monoisotopic (exact) mass is 346 g/mol. The van der Waals surface area contributed by atoms with E-state index in [9.17, 15) is 4.39 Å². The van der Waals surface area contributed by atoms with Crippen LogP contribution in [0.1, 0.15) is 34.7 Å². The van der Waals surface area contributed by atoms with Crippen molar-refractivity contribution < 1.29 is 4.39 Å². The van der Waals surface area contributed by atoms with Crippen LogP contribution in [0.25, 0.3) is 6.08 Å². The van der Waals surface area contributed by atoms with E-state index in [1.807, 2.05) is 6.07 Å². The van der Waals surface area contributed by atoms with Crippen LogP contribution in [0.3, 0.4) is 0 Å². The third-order valence-electron chi connectivity index (χ3n) is 4.84. The van der Waals surface area contributed by atoms with E-state index >= 15 is 0 Å². The van der Waals surface area contributed by atoms with Gasteiger partial charge in [0.25, 0.3) is 0 Å². The standard InChI is InChI=1S/C21H25B2FN2/c1-13(22)10-16-12-17(23)11-15(14(16)2)6-7-18-19(4-3-5-20(18)24)21-25-8-9-26-21/h3-5,10-12H,6-9,22-23H2,1-2H3,(H,25,26)/b13-10+. The number of aryl methyl sites for hydroxylation is 1. The third-order valence-corrected chi connectivity index (χ3v) is 4.84. The van der Waals surface area contributed by atoms with E-state index in [4.69, 9.17) is 0 Å². The molecular weight excluding hydrogens is 321 g/mol. The number of benzene rings is 2. The molecule has 26 heavy (non-hydrogen) atoms. The van der Waals surface area contributed by atoms with Crippen LogP contribution >= 0.6 is 0 Å². The van der Waals surface area contributed by atoms with Crippen LogP contribution in [0, 0.1) is 12.7 Å². The zero-order valence-corrected chi connectivity index (χ0v) is 16.1. The summed E-state index contributed by atoms with van der Waals surface area (Å²) in [6.45, 7) is 5.86. The first-order valence-electron chi connectivity index (χ1n) is 9.27. The molecule has 0 aliphatic carbocycles. The molecule has 0 atom stereocenters. The fourth-order valence-corrected chi connectivity index (χ4v) is 3.56. The summed E-state index contributed by atoms with van der Waals surface area (Å²) in [6.07, 6.45) is 3.71. The third kappa shape index (κ3) is 4.09. The number of hydrogen-bond donors (Lipinski definition) is 1. The van der Waals surface area contributed by atoms with E-state index < -0.39 is 0 Å². The maximum absolute atomic E-state index is 14.5. The normalized spacial score (nSPS) is 14.3. The van der Waals surface area contributed by atoms with Crippen molar-refractivity contribution in [1.82, 2.24) is 5.32 Å². The summed E-state index contributed by atoms with van der Waals surface area (Å²) in [5.41, 5.74) is 8.01. The molecule has 0 fully saturated rings. The number of allylic oxidation sites excluding steroid dienone is 1. The van der Waals surface area contributed by atoms with Crippen LogP contribution in [0.15, 0.2) is 40.8 Å². The van der Waals surface area contributed by atoms with Gasteiger partial charge in [-0.05, 0) is 48.1 Å². The predicted octanol–water partition coefficient (Wildman–Crippen LogP) is 1.52. The largest absolute Gasteiger partial charge is 0.368 e. The zero-order chi connectivity index (χ0) is 18.7. The lowest BCUT2D eigenvalue weighted by atomic mass is 9.85. The molecule has 2 aromatic carbocycles. The van der Waals surface area contributed by atoms with Gasteiger partial charge in [-0.25, -0.2) is 4.39 Å². The van der Waals surface area contributed by atoms with Crippen LogP contribution in [0.5, 0.6) is 0 Å². The Kier molecular flexibility index (Phi) is 5.65. The topological polar surface area (TPSA) is 24.4 Å². The molecule has 1 heterocycles. The lowest BCUT2D eigenvalue weighted by Gasteiger charge is -2.14. The average Bonchev–Trinajstić information content (AvgIpc) is 3.11. The number of nitrogens with one attached hydrogen (secondary N) is 1. The zero-order valence-electron chi connectivity index (χ0n) is 16.1. The highest BCUT2D eigenvalue weighted by atomic mass is 19.1. The summed E-state index contributed by atoms with van der Waals surface area (Å²) in [6, 6.07) is 9.72. The van der Waals surface area contributed by atoms with E-state index in [1.54, 1.807) is 12.1 Å². The van der Waals surface area contributed by atoms with E-state index in [0.717, 1.165) is 36.5 Å². The Bertz CT molecular complexity index is 884. The van der Waals surface area contributed by atoms with Crippen molar-refractivity contribution in [2.24, 2.45) is 4.99 Å². The van der Waals surface area contributed by atoms with Gasteiger partial charge >= 0.3 is 0 Å². The molecule has 0 radical (unpaired) electrons. The molecule has 0 bridgehead atoms. The first-order valence-corrected chi connectivity index (χ1v) is 9.27. The van der Waals surface area contributed by atoms with Gasteiger partial charge in [-0.3, -0.25) is 4.99 Å². The maximum atomic E-state index is 14.5. The highest BCUT2D eigenvalue weighted by Gasteiger charge is 2.16. The summed E-state index contributed by atoms with van der Waals surface area (Å²) in [5.74, 6) is 0.680. The van der Waals surface area contributed by atoms with Crippen LogP contribution in [-0.2, 0) is 12.8 Å². The molecule has 3 rings (SSSR count). The van der Waals surface area contributed by atoms with Gasteiger partial charge in [0.2, 0.25) is 0 Å². The first kappa shape index (κ1) is 18.5. The molecule has 2 aromatic rings. The van der Waals surface area contributed by atoms with Crippen LogP contribution in [-0.4, -0.2) is 34.6 Å². The Morgan fingerprint density at radius 1 is 1.31 bits per heavy atom. The van der Waals surface area contributed by atoms with Crippen molar-refractivity contribution in [3.05, 3.63) is 69.4 Å². The molecule has 1 aliphatic heterocycles. The molecule has 0 aromatic heterocycles. The molecule has 0 spiro atoms. The van der Waals surface area contributed by atoms with Crippen molar-refractivity contribution >= 4 is 33.1 Å². The molecular formula is C21H25B2FN2. The summed E-state index contributed by atoms with van der Waals surface area (Å²) < 4.78 is 14.5. The molecule has 0 saturated carbocycles. The predicted molar refractivity (Wildman–Crippen MR) is 115 cm³/mol. The average molecular weight is 346 g/mol. The number of halogens is 1. The summed E-state index contributed by atoms with van der Waals surface area (Å²) >= 11 is 0. The van der Waals surface area contributed by atoms with Gasteiger partial charge in [-0.2, -0.15) is 0 Å². The highest BCUT2D eigenvalue weighted by Crippen LogP contribution is 2.21. The van der Waals surface area contributed by atoms with Crippen molar-refractivity contribution in [3.8, 4) is 0 Å². The van der Waals surface area contributed by atoms with Crippen LogP contribution < -0.4 is 10.8 Å². The van der Waals surface area contributed by atoms with Crippen molar-refractivity contribution in [3.63, 3.8) is 0 Å². The fourth-order valence-electron chi connectivity index (χ4n) is 3.56. The smallest absolute Gasteiger partial charge is 0.139 e. The maximum Gasteiger partial charge on any atom is 0.139 e. The molecule has 1 N–H and O–H groups in total. The van der Waals surface area contributed by atoms with E-state index in [0.29, 0.717) is 6.42 Å². The fraction of sp³-hybridized carbons (Fsp3) is 0.286. The quantitative estimate of drug-likeness (QED) is 0.816. The van der Waals surface area contributed by atoms with Crippen molar-refractivity contribution in [2.45, 2.75) is 26.7 Å². The minimum atomic E-state index is -0.145. The van der Waals surface area contributed by atoms with Gasteiger partial charge in [-0.1, -0.05) is 42.7 Å². The van der Waals surface area contributed by atoms with Crippen LogP contribution in [0.4, 0.5) is 4.39 Å². The second-order valence-corrected chi connectivity index (χ2v) is 7.28. The Balaban J connectivity index is 1.91. The summed E-state index contributed by atoms with van der Waals surface area (Å²) in [4.78, 5) is 4.47. The van der Waals surface area contributed by atoms with Gasteiger partial charge in [0.05, 0.1) is 6.54 Å².